The number of thiazole rings is 1. The summed E-state index contributed by atoms with van der Waals surface area (Å²) in [6, 6.07) is 5.00. The van der Waals surface area contributed by atoms with E-state index >= 15 is 0 Å². The molecule has 26 heavy (non-hydrogen) atoms. The number of rotatable bonds is 7. The van der Waals surface area contributed by atoms with Crippen LogP contribution >= 0.6 is 11.3 Å². The lowest BCUT2D eigenvalue weighted by Crippen LogP contribution is -2.50. The molecule has 1 aliphatic rings. The highest BCUT2D eigenvalue weighted by atomic mass is 32.1. The molecule has 2 aromatic rings. The van der Waals surface area contributed by atoms with Gasteiger partial charge in [-0.25, -0.2) is 4.98 Å². The number of carbonyl (C=O) groups excluding carboxylic acids is 1. The summed E-state index contributed by atoms with van der Waals surface area (Å²) < 4.78 is 13.0. The van der Waals surface area contributed by atoms with Crippen LogP contribution in [-0.2, 0) is 27.4 Å². The first-order valence-corrected chi connectivity index (χ1v) is 9.60. The van der Waals surface area contributed by atoms with Gasteiger partial charge in [-0.3, -0.25) is 9.59 Å². The third kappa shape index (κ3) is 5.00. The standard InChI is InChI=1S/C18H23N3O4S/c1-13-3-2-4-18(23)21(13)7-5-17(22)20-15-6-8-24-10-16(15)25-9-14-11-26-12-19-14/h2-4,11-12,15-16H,5-10H2,1H3,(H,20,22)/t15-,16-/m1/s1. The Hall–Kier alpha value is -2.03. The summed E-state index contributed by atoms with van der Waals surface area (Å²) in [5.74, 6) is -0.0886. The first kappa shape index (κ1) is 18.8. The highest BCUT2D eigenvalue weighted by Gasteiger charge is 2.28. The summed E-state index contributed by atoms with van der Waals surface area (Å²) in [5.41, 5.74) is 3.40. The normalized spacial score (nSPS) is 20.0. The number of hydrogen-bond acceptors (Lipinski definition) is 6. The van der Waals surface area contributed by atoms with Crippen LogP contribution in [0.1, 0.15) is 24.2 Å². The Kier molecular flexibility index (Phi) is 6.54. The number of hydrogen-bond donors (Lipinski definition) is 1. The SMILES string of the molecule is Cc1cccc(=O)n1CCC(=O)N[C@@H]1CCOC[C@H]1OCc1cscn1. The van der Waals surface area contributed by atoms with E-state index < -0.39 is 0 Å². The van der Waals surface area contributed by atoms with Crippen molar-refractivity contribution in [2.24, 2.45) is 0 Å². The van der Waals surface area contributed by atoms with E-state index in [4.69, 9.17) is 9.47 Å². The van der Waals surface area contributed by atoms with Crippen molar-refractivity contribution in [3.63, 3.8) is 0 Å². The molecule has 1 amide bonds. The third-order valence-electron chi connectivity index (χ3n) is 4.41. The fourth-order valence-electron chi connectivity index (χ4n) is 2.94. The summed E-state index contributed by atoms with van der Waals surface area (Å²) in [5, 5.41) is 4.97. The minimum atomic E-state index is -0.199. The van der Waals surface area contributed by atoms with Gasteiger partial charge in [-0.15, -0.1) is 11.3 Å². The van der Waals surface area contributed by atoms with Gasteiger partial charge in [0.05, 0.1) is 30.5 Å². The van der Waals surface area contributed by atoms with Crippen LogP contribution in [0.4, 0.5) is 0 Å². The van der Waals surface area contributed by atoms with Crippen LogP contribution in [0.25, 0.3) is 0 Å². The molecule has 0 spiro atoms. The largest absolute Gasteiger partial charge is 0.379 e. The molecule has 0 aromatic carbocycles. The number of ether oxygens (including phenoxy) is 2. The minimum Gasteiger partial charge on any atom is -0.379 e. The first-order valence-electron chi connectivity index (χ1n) is 8.65. The van der Waals surface area contributed by atoms with E-state index in [1.807, 2.05) is 18.4 Å². The lowest BCUT2D eigenvalue weighted by Gasteiger charge is -2.32. The molecule has 1 aliphatic heterocycles. The van der Waals surface area contributed by atoms with Gasteiger partial charge < -0.3 is 19.4 Å². The van der Waals surface area contributed by atoms with Gasteiger partial charge in [0.25, 0.3) is 5.56 Å². The molecular formula is C18H23N3O4S. The van der Waals surface area contributed by atoms with Crippen LogP contribution in [0.5, 0.6) is 0 Å². The van der Waals surface area contributed by atoms with E-state index in [9.17, 15) is 9.59 Å². The van der Waals surface area contributed by atoms with Crippen molar-refractivity contribution in [2.75, 3.05) is 13.2 Å². The smallest absolute Gasteiger partial charge is 0.250 e. The maximum Gasteiger partial charge on any atom is 0.250 e. The zero-order valence-electron chi connectivity index (χ0n) is 14.7. The van der Waals surface area contributed by atoms with Gasteiger partial charge in [-0.2, -0.15) is 0 Å². The summed E-state index contributed by atoms with van der Waals surface area (Å²) in [4.78, 5) is 28.4. The molecule has 1 fully saturated rings. The second kappa shape index (κ2) is 9.07. The van der Waals surface area contributed by atoms with E-state index in [1.54, 1.807) is 16.1 Å². The molecule has 2 aromatic heterocycles. The number of nitrogens with one attached hydrogen (secondary N) is 1. The summed E-state index contributed by atoms with van der Waals surface area (Å²) in [7, 11) is 0. The number of pyridine rings is 1. The fraction of sp³-hybridized carbons (Fsp3) is 0.500. The van der Waals surface area contributed by atoms with Crippen molar-refractivity contribution in [3.8, 4) is 0 Å². The van der Waals surface area contributed by atoms with Crippen molar-refractivity contribution < 1.29 is 14.3 Å². The van der Waals surface area contributed by atoms with E-state index in [1.165, 1.54) is 17.4 Å². The molecule has 0 saturated carbocycles. The number of aromatic nitrogens is 2. The molecule has 2 atom stereocenters. The molecule has 0 radical (unpaired) electrons. The topological polar surface area (TPSA) is 82.5 Å². The zero-order valence-corrected chi connectivity index (χ0v) is 15.5. The number of amides is 1. The molecule has 8 heteroatoms. The quantitative estimate of drug-likeness (QED) is 0.791. The Morgan fingerprint density at radius 1 is 1.50 bits per heavy atom. The predicted molar refractivity (Wildman–Crippen MR) is 98.1 cm³/mol. The van der Waals surface area contributed by atoms with E-state index in [0.29, 0.717) is 32.8 Å². The number of nitrogens with zero attached hydrogens (tertiary/aromatic N) is 2. The molecule has 7 nitrogen and oxygen atoms in total. The predicted octanol–water partition coefficient (Wildman–Crippen LogP) is 1.49. The Labute approximate surface area is 156 Å². The molecule has 3 rings (SSSR count). The van der Waals surface area contributed by atoms with Gasteiger partial charge in [0.2, 0.25) is 5.91 Å². The van der Waals surface area contributed by atoms with Crippen LogP contribution in [0.15, 0.2) is 33.9 Å². The van der Waals surface area contributed by atoms with E-state index in [-0.39, 0.29) is 30.0 Å². The molecule has 1 N–H and O–H groups in total. The first-order chi connectivity index (χ1) is 12.6. The second-order valence-electron chi connectivity index (χ2n) is 6.27. The molecule has 0 bridgehead atoms. The average Bonchev–Trinajstić information content (AvgIpc) is 3.14. The van der Waals surface area contributed by atoms with E-state index in [0.717, 1.165) is 11.4 Å². The van der Waals surface area contributed by atoms with Crippen molar-refractivity contribution in [2.45, 2.75) is 45.1 Å². The summed E-state index contributed by atoms with van der Waals surface area (Å²) in [6.45, 7) is 3.68. The monoisotopic (exact) mass is 377 g/mol. The Morgan fingerprint density at radius 3 is 3.15 bits per heavy atom. The van der Waals surface area contributed by atoms with E-state index in [2.05, 4.69) is 10.3 Å². The Morgan fingerprint density at radius 2 is 2.38 bits per heavy atom. The maximum absolute atomic E-state index is 12.4. The van der Waals surface area contributed by atoms with Gasteiger partial charge in [0.15, 0.2) is 0 Å². The summed E-state index contributed by atoms with van der Waals surface area (Å²) in [6.07, 6.45) is 0.759. The van der Waals surface area contributed by atoms with Gasteiger partial charge in [-0.1, -0.05) is 6.07 Å². The average molecular weight is 377 g/mol. The van der Waals surface area contributed by atoms with Gasteiger partial charge in [0, 0.05) is 36.7 Å². The highest BCUT2D eigenvalue weighted by Crippen LogP contribution is 2.14. The third-order valence-corrected chi connectivity index (χ3v) is 5.05. The minimum absolute atomic E-state index is 0.0886. The molecule has 1 saturated heterocycles. The van der Waals surface area contributed by atoms with Crippen molar-refractivity contribution >= 4 is 17.2 Å². The fourth-order valence-corrected chi connectivity index (χ4v) is 3.49. The number of aryl methyl sites for hydroxylation is 1. The van der Waals surface area contributed by atoms with Crippen molar-refractivity contribution in [1.29, 1.82) is 0 Å². The Balaban J connectivity index is 1.52. The van der Waals surface area contributed by atoms with Crippen LogP contribution in [0, 0.1) is 6.92 Å². The van der Waals surface area contributed by atoms with Crippen molar-refractivity contribution in [3.05, 3.63) is 50.8 Å². The second-order valence-corrected chi connectivity index (χ2v) is 6.99. The summed E-state index contributed by atoms with van der Waals surface area (Å²) >= 11 is 1.52. The van der Waals surface area contributed by atoms with Crippen LogP contribution < -0.4 is 10.9 Å². The molecule has 0 aliphatic carbocycles. The van der Waals surface area contributed by atoms with Crippen LogP contribution in [0.3, 0.4) is 0 Å². The van der Waals surface area contributed by atoms with Crippen LogP contribution in [0.2, 0.25) is 0 Å². The number of carbonyl (C=O) groups is 1. The highest BCUT2D eigenvalue weighted by molar-refractivity contribution is 7.07. The van der Waals surface area contributed by atoms with Crippen LogP contribution in [-0.4, -0.2) is 40.8 Å². The maximum atomic E-state index is 12.4. The van der Waals surface area contributed by atoms with Gasteiger partial charge in [-0.05, 0) is 19.4 Å². The Bertz CT molecular complexity index is 775. The molecule has 140 valence electrons. The van der Waals surface area contributed by atoms with Crippen molar-refractivity contribution in [1.82, 2.24) is 14.9 Å². The van der Waals surface area contributed by atoms with Gasteiger partial charge in [0.1, 0.15) is 6.10 Å². The lowest BCUT2D eigenvalue weighted by molar-refractivity contribution is -0.126. The zero-order chi connectivity index (χ0) is 18.4. The molecule has 3 heterocycles. The molecular weight excluding hydrogens is 354 g/mol. The lowest BCUT2D eigenvalue weighted by atomic mass is 10.1. The molecule has 0 unspecified atom stereocenters. The van der Waals surface area contributed by atoms with Gasteiger partial charge >= 0.3 is 0 Å².